The molecule has 0 aromatic heterocycles. The van der Waals surface area contributed by atoms with Crippen molar-refractivity contribution in [2.24, 2.45) is 0 Å². The van der Waals surface area contributed by atoms with Crippen molar-refractivity contribution >= 4 is 0 Å². The van der Waals surface area contributed by atoms with E-state index >= 15 is 0 Å². The van der Waals surface area contributed by atoms with Gasteiger partial charge in [-0.15, -0.1) is 0 Å². The fourth-order valence-electron chi connectivity index (χ4n) is 0. The van der Waals surface area contributed by atoms with Crippen LogP contribution in [0.5, 0.6) is 0 Å². The van der Waals surface area contributed by atoms with E-state index in [1.54, 1.807) is 5.01 Å². The monoisotopic (exact) mass is 103 g/mol. The molecule has 0 aromatic carbocycles. The number of hydrogen-bond acceptors (Lipinski definition) is 1. The van der Waals surface area contributed by atoms with Crippen molar-refractivity contribution in [3.8, 4) is 0 Å². The van der Waals surface area contributed by atoms with Crippen LogP contribution in [0.3, 0.4) is 0 Å². The molecule has 0 rings (SSSR count). The van der Waals surface area contributed by atoms with E-state index in [-0.39, 0.29) is 0 Å². The molecular weight excluding hydrogens is 94.1 g/mol. The highest BCUT2D eigenvalue weighted by molar-refractivity contribution is 4.36. The van der Waals surface area contributed by atoms with E-state index in [0.717, 1.165) is 0 Å². The van der Waals surface area contributed by atoms with Crippen LogP contribution in [0.15, 0.2) is 0 Å². The predicted molar refractivity (Wildman–Crippen MR) is 26.7 cm³/mol. The number of nitrogens with zero attached hydrogens (tertiary/aromatic N) is 4. The quantitative estimate of drug-likeness (QED) is 0.192. The summed E-state index contributed by atoms with van der Waals surface area (Å²) in [6, 6.07) is 0. The molecule has 0 radical (unpaired) electrons. The number of hydrogen-bond donors (Lipinski definition) is 1. The van der Waals surface area contributed by atoms with Gasteiger partial charge in [0.1, 0.15) is 0 Å². The van der Waals surface area contributed by atoms with E-state index in [0.29, 0.717) is 0 Å². The van der Waals surface area contributed by atoms with E-state index in [2.05, 4.69) is 5.84 Å². The average Bonchev–Trinajstić information content (AvgIpc) is 1.33. The van der Waals surface area contributed by atoms with Crippen molar-refractivity contribution < 1.29 is 5.84 Å². The van der Waals surface area contributed by atoms with Gasteiger partial charge in [-0.3, -0.25) is 10.8 Å². The normalized spacial score (nSPS) is 6.29. The summed E-state index contributed by atoms with van der Waals surface area (Å²) in [5.41, 5.74) is 13.5. The Morgan fingerprint density at radius 3 is 1.43 bits per heavy atom. The Hall–Kier alpha value is -0.770. The zero-order valence-electron chi connectivity index (χ0n) is 4.50. The van der Waals surface area contributed by atoms with Crippen LogP contribution < -0.4 is 5.84 Å². The smallest absolute Gasteiger partial charge is 0.0357 e. The SMILES string of the molecule is CN(C)[NH3+].[N-]=[N+]=[N-]. The second-order valence-corrected chi connectivity index (χ2v) is 1.17. The Balaban J connectivity index is 0. The molecule has 0 fully saturated rings. The van der Waals surface area contributed by atoms with E-state index in [9.17, 15) is 0 Å². The van der Waals surface area contributed by atoms with E-state index in [1.165, 1.54) is 4.91 Å². The van der Waals surface area contributed by atoms with Gasteiger partial charge in [-0.1, -0.05) is 0 Å². The third-order valence-electron chi connectivity index (χ3n) is 0. The molecule has 3 N–H and O–H groups in total. The summed E-state index contributed by atoms with van der Waals surface area (Å²) in [4.78, 5) is 1.50. The summed E-state index contributed by atoms with van der Waals surface area (Å²) in [5, 5.41) is 1.75. The molecule has 0 spiro atoms. The lowest BCUT2D eigenvalue weighted by Gasteiger charge is -1.86. The first-order chi connectivity index (χ1) is 3.15. The molecule has 5 heteroatoms. The molecule has 7 heavy (non-hydrogen) atoms. The first kappa shape index (κ1) is 9.52. The number of rotatable bonds is 0. The Morgan fingerprint density at radius 1 is 1.43 bits per heavy atom. The van der Waals surface area contributed by atoms with Gasteiger partial charge in [-0.2, -0.15) is 5.01 Å². The molecule has 5 nitrogen and oxygen atoms in total. The van der Waals surface area contributed by atoms with Gasteiger partial charge in [-0.25, -0.2) is 0 Å². The first-order valence-electron chi connectivity index (χ1n) is 1.61. The molecule has 0 heterocycles. The minimum absolute atomic E-state index is 1.50. The van der Waals surface area contributed by atoms with Gasteiger partial charge in [0.15, 0.2) is 0 Å². The van der Waals surface area contributed by atoms with Crippen LogP contribution in [0.25, 0.3) is 16.0 Å². The Labute approximate surface area is 42.1 Å². The van der Waals surface area contributed by atoms with Crippen LogP contribution in [-0.4, -0.2) is 19.1 Å². The van der Waals surface area contributed by atoms with Gasteiger partial charge in [0.2, 0.25) is 0 Å². The molecule has 0 saturated carbocycles. The van der Waals surface area contributed by atoms with Gasteiger partial charge in [0.25, 0.3) is 0 Å². The zero-order valence-corrected chi connectivity index (χ0v) is 4.50. The van der Waals surface area contributed by atoms with E-state index in [1.807, 2.05) is 14.1 Å². The maximum absolute atomic E-state index is 6.75. The van der Waals surface area contributed by atoms with Crippen LogP contribution in [0.4, 0.5) is 0 Å². The van der Waals surface area contributed by atoms with Crippen molar-refractivity contribution in [2.75, 3.05) is 14.1 Å². The predicted octanol–water partition coefficient (Wildman–Crippen LogP) is -0.429. The summed E-state index contributed by atoms with van der Waals surface area (Å²) in [6.45, 7) is 0. The second-order valence-electron chi connectivity index (χ2n) is 1.17. The van der Waals surface area contributed by atoms with Crippen LogP contribution in [0.1, 0.15) is 0 Å². The summed E-state index contributed by atoms with van der Waals surface area (Å²) in [6.07, 6.45) is 0. The van der Waals surface area contributed by atoms with Crippen molar-refractivity contribution in [2.45, 2.75) is 0 Å². The highest BCUT2D eigenvalue weighted by Crippen LogP contribution is 1.31. The summed E-state index contributed by atoms with van der Waals surface area (Å²) in [7, 11) is 3.78. The molecule has 0 aliphatic heterocycles. The van der Waals surface area contributed by atoms with Crippen molar-refractivity contribution in [1.82, 2.24) is 5.01 Å². The maximum Gasteiger partial charge on any atom is 0.0357 e. The second kappa shape index (κ2) is 8.97. The first-order valence-corrected chi connectivity index (χ1v) is 1.61. The molecule has 0 bridgehead atoms. The Bertz CT molecular complexity index is 48.3. The molecule has 0 atom stereocenters. The van der Waals surface area contributed by atoms with Crippen LogP contribution in [-0.2, 0) is 0 Å². The molecule has 0 aliphatic rings. The van der Waals surface area contributed by atoms with E-state index < -0.39 is 0 Å². The highest BCUT2D eigenvalue weighted by atomic mass is 15.4. The lowest BCUT2D eigenvalue weighted by molar-refractivity contribution is -0.557. The van der Waals surface area contributed by atoms with Gasteiger partial charge in [-0.05, 0) is 0 Å². The van der Waals surface area contributed by atoms with E-state index in [4.69, 9.17) is 11.1 Å². The van der Waals surface area contributed by atoms with Crippen LogP contribution >= 0.6 is 0 Å². The molecule has 0 aliphatic carbocycles. The Morgan fingerprint density at radius 2 is 1.43 bits per heavy atom. The molecule has 0 saturated heterocycles. The lowest BCUT2D eigenvalue weighted by Crippen LogP contribution is -2.62. The zero-order chi connectivity index (χ0) is 6.28. The van der Waals surface area contributed by atoms with Gasteiger partial charge >= 0.3 is 0 Å². The molecule has 0 aromatic rings. The third kappa shape index (κ3) is 92.0. The average molecular weight is 103 g/mol. The van der Waals surface area contributed by atoms with Crippen LogP contribution in [0, 0.1) is 0 Å². The van der Waals surface area contributed by atoms with Crippen molar-refractivity contribution in [3.63, 3.8) is 0 Å². The fraction of sp³-hybridized carbons (Fsp3) is 1.00. The minimum Gasteiger partial charge on any atom is -0.373 e. The number of quaternary nitrogens is 1. The minimum atomic E-state index is 1.50. The maximum atomic E-state index is 6.75. The topological polar surface area (TPSA) is 89.6 Å². The molecule has 42 valence electrons. The summed E-state index contributed by atoms with van der Waals surface area (Å²) >= 11 is 0. The van der Waals surface area contributed by atoms with Crippen molar-refractivity contribution in [3.05, 3.63) is 16.0 Å². The Kier molecular flexibility index (Phi) is 12.2. The fourth-order valence-corrected chi connectivity index (χ4v) is 0. The summed E-state index contributed by atoms with van der Waals surface area (Å²) < 4.78 is 0. The summed E-state index contributed by atoms with van der Waals surface area (Å²) in [5.74, 6) is 3.47. The molecular formula is C2H9N5. The van der Waals surface area contributed by atoms with Crippen molar-refractivity contribution in [1.29, 1.82) is 0 Å². The lowest BCUT2D eigenvalue weighted by atomic mass is 11.2. The van der Waals surface area contributed by atoms with Gasteiger partial charge in [0.05, 0.1) is 0 Å². The largest absolute Gasteiger partial charge is 0.373 e. The van der Waals surface area contributed by atoms with Crippen LogP contribution in [0.2, 0.25) is 0 Å². The van der Waals surface area contributed by atoms with Gasteiger partial charge < -0.3 is 11.1 Å². The van der Waals surface area contributed by atoms with Gasteiger partial charge in [0, 0.05) is 14.1 Å². The third-order valence-corrected chi connectivity index (χ3v) is 0. The standard InChI is InChI=1S/C2H8N2.N3/c1-4(2)3;1-3-2/h3H2,1-2H3;/q;-1/p+1. The molecule has 0 unspecified atom stereocenters. The molecule has 0 amide bonds. The highest BCUT2D eigenvalue weighted by Gasteiger charge is 1.62.